The largest absolute Gasteiger partial charge is 0.378 e. The van der Waals surface area contributed by atoms with Gasteiger partial charge >= 0.3 is 0 Å². The number of ether oxygens (including phenoxy) is 1. The number of carbonyl (C=O) groups is 1. The lowest BCUT2D eigenvalue weighted by Crippen LogP contribution is -2.42. The van der Waals surface area contributed by atoms with Crippen LogP contribution in [-0.4, -0.2) is 62.0 Å². The first-order valence-electron chi connectivity index (χ1n) is 6.92. The zero-order valence-electron chi connectivity index (χ0n) is 12.0. The Bertz CT molecular complexity index is 578. The van der Waals surface area contributed by atoms with Gasteiger partial charge < -0.3 is 14.6 Å². The van der Waals surface area contributed by atoms with E-state index >= 15 is 0 Å². The third-order valence-corrected chi connectivity index (χ3v) is 4.59. The van der Waals surface area contributed by atoms with Gasteiger partial charge in [-0.2, -0.15) is 0 Å². The molecule has 2 heterocycles. The van der Waals surface area contributed by atoms with Gasteiger partial charge in [0.2, 0.25) is 5.91 Å². The highest BCUT2D eigenvalue weighted by Crippen LogP contribution is 2.06. The lowest BCUT2D eigenvalue weighted by Gasteiger charge is -2.26. The second-order valence-corrected chi connectivity index (χ2v) is 6.42. The van der Waals surface area contributed by atoms with E-state index in [4.69, 9.17) is 4.74 Å². The monoisotopic (exact) mass is 316 g/mol. The van der Waals surface area contributed by atoms with Crippen LogP contribution in [0.5, 0.6) is 0 Å². The molecule has 0 radical (unpaired) electrons. The molecule has 1 aromatic heterocycles. The SMILES string of the molecule is CCc1ncc(S(=O)(=O)NCCC(=O)N2CCOCC2)[nH]1. The number of hydrogen-bond acceptors (Lipinski definition) is 5. The van der Waals surface area contributed by atoms with Gasteiger partial charge in [0.1, 0.15) is 5.82 Å². The van der Waals surface area contributed by atoms with Gasteiger partial charge in [0.05, 0.1) is 19.4 Å². The van der Waals surface area contributed by atoms with E-state index in [9.17, 15) is 13.2 Å². The molecular formula is C12H20N4O4S. The van der Waals surface area contributed by atoms with Crippen molar-refractivity contribution in [3.05, 3.63) is 12.0 Å². The third kappa shape index (κ3) is 4.26. The maximum Gasteiger partial charge on any atom is 0.257 e. The predicted octanol–water partition coefficient (Wildman–Crippen LogP) is -0.501. The van der Waals surface area contributed by atoms with Crippen LogP contribution in [0, 0.1) is 0 Å². The van der Waals surface area contributed by atoms with Gasteiger partial charge in [-0.15, -0.1) is 0 Å². The van der Waals surface area contributed by atoms with Crippen LogP contribution in [-0.2, 0) is 26.0 Å². The Kier molecular flexibility index (Phi) is 5.32. The predicted molar refractivity (Wildman–Crippen MR) is 75.2 cm³/mol. The second kappa shape index (κ2) is 7.01. The number of rotatable bonds is 6. The molecule has 1 amide bonds. The summed E-state index contributed by atoms with van der Waals surface area (Å²) >= 11 is 0. The summed E-state index contributed by atoms with van der Waals surface area (Å²) in [6.07, 6.45) is 2.05. The van der Waals surface area contributed by atoms with E-state index in [1.54, 1.807) is 4.90 Å². The molecule has 1 aliphatic rings. The number of H-pyrrole nitrogens is 1. The number of sulfonamides is 1. The first-order chi connectivity index (χ1) is 10.0. The Hall–Kier alpha value is -1.45. The smallest absolute Gasteiger partial charge is 0.257 e. The van der Waals surface area contributed by atoms with Crippen molar-refractivity contribution in [1.82, 2.24) is 19.6 Å². The van der Waals surface area contributed by atoms with E-state index in [0.717, 1.165) is 0 Å². The van der Waals surface area contributed by atoms with Gasteiger partial charge in [-0.25, -0.2) is 18.1 Å². The maximum atomic E-state index is 12.0. The number of nitrogens with zero attached hydrogens (tertiary/aromatic N) is 2. The maximum absolute atomic E-state index is 12.0. The van der Waals surface area contributed by atoms with Gasteiger partial charge in [-0.1, -0.05) is 6.92 Å². The van der Waals surface area contributed by atoms with Crippen molar-refractivity contribution < 1.29 is 17.9 Å². The number of aryl methyl sites for hydroxylation is 1. The fourth-order valence-electron chi connectivity index (χ4n) is 2.00. The second-order valence-electron chi connectivity index (χ2n) is 4.69. The highest BCUT2D eigenvalue weighted by molar-refractivity contribution is 7.89. The van der Waals surface area contributed by atoms with Crippen LogP contribution in [0.25, 0.3) is 0 Å². The summed E-state index contributed by atoms with van der Waals surface area (Å²) in [5.41, 5.74) is 0. The van der Waals surface area contributed by atoms with E-state index in [0.29, 0.717) is 38.5 Å². The number of amides is 1. The Morgan fingerprint density at radius 2 is 2.19 bits per heavy atom. The number of carbonyl (C=O) groups excluding carboxylic acids is 1. The van der Waals surface area contributed by atoms with Crippen LogP contribution >= 0.6 is 0 Å². The molecule has 118 valence electrons. The van der Waals surface area contributed by atoms with Crippen LogP contribution in [0.2, 0.25) is 0 Å². The fraction of sp³-hybridized carbons (Fsp3) is 0.667. The lowest BCUT2D eigenvalue weighted by atomic mass is 10.3. The van der Waals surface area contributed by atoms with Crippen LogP contribution in [0.4, 0.5) is 0 Å². The molecule has 21 heavy (non-hydrogen) atoms. The minimum atomic E-state index is -3.64. The summed E-state index contributed by atoms with van der Waals surface area (Å²) in [4.78, 5) is 20.3. The molecule has 0 spiro atoms. The van der Waals surface area contributed by atoms with Gasteiger partial charge in [-0.05, 0) is 0 Å². The first kappa shape index (κ1) is 15.9. The molecule has 1 saturated heterocycles. The summed E-state index contributed by atoms with van der Waals surface area (Å²) in [6, 6.07) is 0. The highest BCUT2D eigenvalue weighted by Gasteiger charge is 2.19. The zero-order valence-corrected chi connectivity index (χ0v) is 12.8. The Balaban J connectivity index is 1.82. The molecule has 2 rings (SSSR count). The van der Waals surface area contributed by atoms with Crippen molar-refractivity contribution in [3.8, 4) is 0 Å². The van der Waals surface area contributed by atoms with E-state index in [2.05, 4.69) is 14.7 Å². The summed E-state index contributed by atoms with van der Waals surface area (Å²) in [5.74, 6) is 0.541. The van der Waals surface area contributed by atoms with E-state index in [1.807, 2.05) is 6.92 Å². The molecule has 0 aliphatic carbocycles. The minimum absolute atomic E-state index is 0.0261. The van der Waals surface area contributed by atoms with Crippen LogP contribution in [0.3, 0.4) is 0 Å². The Morgan fingerprint density at radius 3 is 2.81 bits per heavy atom. The third-order valence-electron chi connectivity index (χ3n) is 3.22. The van der Waals surface area contributed by atoms with Crippen molar-refractivity contribution in [1.29, 1.82) is 0 Å². The van der Waals surface area contributed by atoms with Gasteiger partial charge in [0, 0.05) is 32.5 Å². The molecule has 0 aromatic carbocycles. The van der Waals surface area contributed by atoms with Crippen LogP contribution in [0.15, 0.2) is 11.2 Å². The fourth-order valence-corrected chi connectivity index (χ4v) is 2.97. The molecule has 0 bridgehead atoms. The summed E-state index contributed by atoms with van der Waals surface area (Å²) in [7, 11) is -3.64. The van der Waals surface area contributed by atoms with Crippen molar-refractivity contribution in [2.75, 3.05) is 32.8 Å². The molecule has 1 aromatic rings. The number of nitrogens with one attached hydrogen (secondary N) is 2. The molecule has 2 N–H and O–H groups in total. The molecule has 1 aliphatic heterocycles. The summed E-state index contributed by atoms with van der Waals surface area (Å²) in [6.45, 7) is 4.14. The van der Waals surface area contributed by atoms with Crippen LogP contribution < -0.4 is 4.72 Å². The Labute approximate surface area is 123 Å². The number of morpholine rings is 1. The normalized spacial score (nSPS) is 16.1. The molecular weight excluding hydrogens is 296 g/mol. The Morgan fingerprint density at radius 1 is 1.48 bits per heavy atom. The van der Waals surface area contributed by atoms with Crippen molar-refractivity contribution in [3.63, 3.8) is 0 Å². The number of aromatic amines is 1. The first-order valence-corrected chi connectivity index (χ1v) is 8.40. The average Bonchev–Trinajstić information content (AvgIpc) is 2.98. The standard InChI is InChI=1S/C12H20N4O4S/c1-2-10-13-9-11(15-10)21(18,19)14-4-3-12(17)16-5-7-20-8-6-16/h9,14H,2-8H2,1H3,(H,13,15). The molecule has 1 fully saturated rings. The number of aromatic nitrogens is 2. The lowest BCUT2D eigenvalue weighted by molar-refractivity contribution is -0.135. The topological polar surface area (TPSA) is 104 Å². The summed E-state index contributed by atoms with van der Waals surface area (Å²) < 4.78 is 31.6. The van der Waals surface area contributed by atoms with Crippen LogP contribution in [0.1, 0.15) is 19.2 Å². The molecule has 0 unspecified atom stereocenters. The van der Waals surface area contributed by atoms with E-state index in [1.165, 1.54) is 6.20 Å². The highest BCUT2D eigenvalue weighted by atomic mass is 32.2. The molecule has 9 heteroatoms. The van der Waals surface area contributed by atoms with E-state index in [-0.39, 0.29) is 23.9 Å². The number of imidazole rings is 1. The average molecular weight is 316 g/mol. The van der Waals surface area contributed by atoms with E-state index < -0.39 is 10.0 Å². The number of hydrogen-bond donors (Lipinski definition) is 2. The molecule has 0 saturated carbocycles. The van der Waals surface area contributed by atoms with Gasteiger partial charge in [0.25, 0.3) is 10.0 Å². The van der Waals surface area contributed by atoms with Crippen molar-refractivity contribution >= 4 is 15.9 Å². The minimum Gasteiger partial charge on any atom is -0.378 e. The van der Waals surface area contributed by atoms with Gasteiger partial charge in [-0.3, -0.25) is 4.79 Å². The summed E-state index contributed by atoms with van der Waals surface area (Å²) in [5, 5.41) is 0.0261. The van der Waals surface area contributed by atoms with Crippen molar-refractivity contribution in [2.45, 2.75) is 24.8 Å². The van der Waals surface area contributed by atoms with Crippen molar-refractivity contribution in [2.24, 2.45) is 0 Å². The quantitative estimate of drug-likeness (QED) is 0.736. The zero-order chi connectivity index (χ0) is 15.3. The van der Waals surface area contributed by atoms with Gasteiger partial charge in [0.15, 0.2) is 5.03 Å². The molecule has 8 nitrogen and oxygen atoms in total. The molecule has 0 atom stereocenters.